The number of phenolic OH excluding ortho intramolecular Hbond substituents is 1. The lowest BCUT2D eigenvalue weighted by atomic mass is 10.1. The molecule has 0 spiro atoms. The van der Waals surface area contributed by atoms with Gasteiger partial charge in [0.15, 0.2) is 0 Å². The van der Waals surface area contributed by atoms with Gasteiger partial charge >= 0.3 is 0 Å². The summed E-state index contributed by atoms with van der Waals surface area (Å²) >= 11 is 0. The van der Waals surface area contributed by atoms with E-state index in [0.29, 0.717) is 12.1 Å². The number of rotatable bonds is 3. The highest BCUT2D eigenvalue weighted by molar-refractivity contribution is 5.95. The Balaban J connectivity index is 2.80. The quantitative estimate of drug-likeness (QED) is 0.769. The number of phenols is 1. The summed E-state index contributed by atoms with van der Waals surface area (Å²) in [6, 6.07) is 4.74. The van der Waals surface area contributed by atoms with E-state index in [-0.39, 0.29) is 11.7 Å². The Labute approximate surface area is 83.8 Å². The average Bonchev–Trinajstić information content (AvgIpc) is 2.14. The van der Waals surface area contributed by atoms with Crippen LogP contribution in [0.25, 0.3) is 0 Å². The largest absolute Gasteiger partial charge is 0.508 e. The van der Waals surface area contributed by atoms with Crippen molar-refractivity contribution in [1.29, 1.82) is 0 Å². The van der Waals surface area contributed by atoms with Crippen molar-refractivity contribution in [2.45, 2.75) is 20.3 Å². The number of aryl methyl sites for hydroxylation is 1. The van der Waals surface area contributed by atoms with Gasteiger partial charge in [0.2, 0.25) is 0 Å². The standard InChI is InChI=1S/C11H15NO2/c1-3-6-12-11(14)10-5-4-9(13)7-8(10)2/h4-5,7,13H,3,6H2,1-2H3,(H,12,14). The van der Waals surface area contributed by atoms with E-state index in [1.54, 1.807) is 19.1 Å². The fraction of sp³-hybridized carbons (Fsp3) is 0.364. The molecule has 76 valence electrons. The van der Waals surface area contributed by atoms with Gasteiger partial charge in [-0.25, -0.2) is 0 Å². The van der Waals surface area contributed by atoms with Crippen LogP contribution in [0, 0.1) is 6.92 Å². The molecular formula is C11H15NO2. The van der Waals surface area contributed by atoms with E-state index in [0.717, 1.165) is 12.0 Å². The first-order valence-corrected chi connectivity index (χ1v) is 4.73. The Bertz CT molecular complexity index is 334. The molecule has 0 aliphatic heterocycles. The summed E-state index contributed by atoms with van der Waals surface area (Å²) in [5.74, 6) is 0.110. The first-order chi connectivity index (χ1) is 6.65. The van der Waals surface area contributed by atoms with Crippen molar-refractivity contribution in [1.82, 2.24) is 5.32 Å². The van der Waals surface area contributed by atoms with Crippen LogP contribution in [-0.4, -0.2) is 17.6 Å². The van der Waals surface area contributed by atoms with Crippen molar-refractivity contribution in [3.63, 3.8) is 0 Å². The number of carbonyl (C=O) groups excluding carboxylic acids is 1. The molecule has 0 unspecified atom stereocenters. The molecule has 0 radical (unpaired) electrons. The van der Waals surface area contributed by atoms with Crippen LogP contribution in [-0.2, 0) is 0 Å². The molecule has 1 amide bonds. The minimum absolute atomic E-state index is 0.0793. The summed E-state index contributed by atoms with van der Waals surface area (Å²) < 4.78 is 0. The van der Waals surface area contributed by atoms with Gasteiger partial charge in [0.25, 0.3) is 5.91 Å². The Kier molecular flexibility index (Phi) is 3.51. The van der Waals surface area contributed by atoms with Crippen LogP contribution < -0.4 is 5.32 Å². The minimum Gasteiger partial charge on any atom is -0.508 e. The minimum atomic E-state index is -0.0793. The number of hydrogen-bond acceptors (Lipinski definition) is 2. The highest BCUT2D eigenvalue weighted by atomic mass is 16.3. The van der Waals surface area contributed by atoms with E-state index in [1.165, 1.54) is 6.07 Å². The van der Waals surface area contributed by atoms with Gasteiger partial charge in [-0.15, -0.1) is 0 Å². The summed E-state index contributed by atoms with van der Waals surface area (Å²) in [6.07, 6.45) is 0.920. The van der Waals surface area contributed by atoms with Crippen molar-refractivity contribution < 1.29 is 9.90 Å². The van der Waals surface area contributed by atoms with Crippen molar-refractivity contribution in [2.24, 2.45) is 0 Å². The first-order valence-electron chi connectivity index (χ1n) is 4.73. The molecule has 2 N–H and O–H groups in total. The molecule has 0 atom stereocenters. The molecule has 0 bridgehead atoms. The number of nitrogens with one attached hydrogen (secondary N) is 1. The molecule has 1 aromatic rings. The number of benzene rings is 1. The smallest absolute Gasteiger partial charge is 0.251 e. The van der Waals surface area contributed by atoms with Gasteiger partial charge in [0.05, 0.1) is 0 Å². The van der Waals surface area contributed by atoms with Crippen molar-refractivity contribution in [2.75, 3.05) is 6.54 Å². The van der Waals surface area contributed by atoms with Crippen LogP contribution in [0.4, 0.5) is 0 Å². The average molecular weight is 193 g/mol. The Morgan fingerprint density at radius 2 is 2.21 bits per heavy atom. The molecule has 0 aromatic heterocycles. The highest BCUT2D eigenvalue weighted by Gasteiger charge is 2.07. The lowest BCUT2D eigenvalue weighted by Gasteiger charge is -2.06. The van der Waals surface area contributed by atoms with E-state index in [1.807, 2.05) is 6.92 Å². The zero-order valence-electron chi connectivity index (χ0n) is 8.50. The Hall–Kier alpha value is -1.51. The molecule has 1 rings (SSSR count). The molecule has 0 saturated heterocycles. The maximum Gasteiger partial charge on any atom is 0.251 e. The fourth-order valence-electron chi connectivity index (χ4n) is 1.24. The van der Waals surface area contributed by atoms with Crippen LogP contribution in [0.5, 0.6) is 5.75 Å². The van der Waals surface area contributed by atoms with Gasteiger partial charge in [-0.1, -0.05) is 6.92 Å². The fourth-order valence-corrected chi connectivity index (χ4v) is 1.24. The van der Waals surface area contributed by atoms with E-state index in [2.05, 4.69) is 5.32 Å². The van der Waals surface area contributed by atoms with Gasteiger partial charge in [-0.3, -0.25) is 4.79 Å². The van der Waals surface area contributed by atoms with Crippen LogP contribution >= 0.6 is 0 Å². The molecule has 1 aromatic carbocycles. The molecule has 0 saturated carbocycles. The van der Waals surface area contributed by atoms with Gasteiger partial charge in [0.1, 0.15) is 5.75 Å². The molecule has 0 fully saturated rings. The second kappa shape index (κ2) is 4.65. The van der Waals surface area contributed by atoms with E-state index >= 15 is 0 Å². The molecular weight excluding hydrogens is 178 g/mol. The number of amides is 1. The van der Waals surface area contributed by atoms with Crippen LogP contribution in [0.1, 0.15) is 29.3 Å². The van der Waals surface area contributed by atoms with Crippen LogP contribution in [0.3, 0.4) is 0 Å². The molecule has 0 aliphatic rings. The third kappa shape index (κ3) is 2.49. The second-order valence-electron chi connectivity index (χ2n) is 3.26. The van der Waals surface area contributed by atoms with E-state index in [4.69, 9.17) is 5.11 Å². The van der Waals surface area contributed by atoms with Crippen LogP contribution in [0.15, 0.2) is 18.2 Å². The lowest BCUT2D eigenvalue weighted by Crippen LogP contribution is -2.24. The van der Waals surface area contributed by atoms with Crippen molar-refractivity contribution in [3.8, 4) is 5.75 Å². The third-order valence-electron chi connectivity index (χ3n) is 1.99. The highest BCUT2D eigenvalue weighted by Crippen LogP contribution is 2.15. The zero-order chi connectivity index (χ0) is 10.6. The molecule has 14 heavy (non-hydrogen) atoms. The van der Waals surface area contributed by atoms with Gasteiger partial charge in [-0.2, -0.15) is 0 Å². The zero-order valence-corrected chi connectivity index (χ0v) is 8.50. The molecule has 3 heteroatoms. The van der Waals surface area contributed by atoms with Gasteiger partial charge < -0.3 is 10.4 Å². The van der Waals surface area contributed by atoms with Crippen LogP contribution in [0.2, 0.25) is 0 Å². The van der Waals surface area contributed by atoms with E-state index in [9.17, 15) is 4.79 Å². The third-order valence-corrected chi connectivity index (χ3v) is 1.99. The first kappa shape index (κ1) is 10.6. The monoisotopic (exact) mass is 193 g/mol. The summed E-state index contributed by atoms with van der Waals surface area (Å²) in [5.41, 5.74) is 1.41. The predicted octanol–water partition coefficient (Wildman–Crippen LogP) is 1.84. The van der Waals surface area contributed by atoms with Crippen molar-refractivity contribution >= 4 is 5.91 Å². The maximum atomic E-state index is 11.5. The lowest BCUT2D eigenvalue weighted by molar-refractivity contribution is 0.0953. The predicted molar refractivity (Wildman–Crippen MR) is 55.5 cm³/mol. The van der Waals surface area contributed by atoms with E-state index < -0.39 is 0 Å². The van der Waals surface area contributed by atoms with Gasteiger partial charge in [0, 0.05) is 12.1 Å². The number of hydrogen-bond donors (Lipinski definition) is 2. The van der Waals surface area contributed by atoms with Crippen molar-refractivity contribution in [3.05, 3.63) is 29.3 Å². The Morgan fingerprint density at radius 1 is 1.50 bits per heavy atom. The SMILES string of the molecule is CCCNC(=O)c1ccc(O)cc1C. The Morgan fingerprint density at radius 3 is 2.79 bits per heavy atom. The molecule has 0 aliphatic carbocycles. The molecule has 3 nitrogen and oxygen atoms in total. The summed E-state index contributed by atoms with van der Waals surface area (Å²) in [5, 5.41) is 12.0. The van der Waals surface area contributed by atoms with Gasteiger partial charge in [-0.05, 0) is 37.1 Å². The number of carbonyl (C=O) groups is 1. The number of aromatic hydroxyl groups is 1. The topological polar surface area (TPSA) is 49.3 Å². The second-order valence-corrected chi connectivity index (χ2v) is 3.26. The summed E-state index contributed by atoms with van der Waals surface area (Å²) in [4.78, 5) is 11.5. The maximum absolute atomic E-state index is 11.5. The normalized spacial score (nSPS) is 9.86. The molecule has 0 heterocycles. The summed E-state index contributed by atoms with van der Waals surface area (Å²) in [7, 11) is 0. The summed E-state index contributed by atoms with van der Waals surface area (Å²) in [6.45, 7) is 4.49.